The Kier molecular flexibility index (Phi) is 24.5. The first kappa shape index (κ1) is 60.4. The fourth-order valence-electron chi connectivity index (χ4n) is 8.97. The fraction of sp³-hybridized carbons (Fsp3) is 0.500. The summed E-state index contributed by atoms with van der Waals surface area (Å²) < 4.78 is 0. The van der Waals surface area contributed by atoms with Gasteiger partial charge in [0.2, 0.25) is 41.4 Å². The van der Waals surface area contributed by atoms with E-state index >= 15 is 0 Å². The molecule has 24 nitrogen and oxygen atoms in total. The van der Waals surface area contributed by atoms with Crippen LogP contribution in [0.1, 0.15) is 108 Å². The van der Waals surface area contributed by atoms with Crippen molar-refractivity contribution in [2.45, 2.75) is 140 Å². The third-order valence-corrected chi connectivity index (χ3v) is 13.0. The second kappa shape index (κ2) is 30.9. The van der Waals surface area contributed by atoms with Gasteiger partial charge in [0.05, 0.1) is 6.04 Å². The Hall–Kier alpha value is -8.18. The van der Waals surface area contributed by atoms with E-state index in [4.69, 9.17) is 34.4 Å². The topological polar surface area (TPSA) is 427 Å². The summed E-state index contributed by atoms with van der Waals surface area (Å²) in [6.07, 6.45) is 0.660. The minimum absolute atomic E-state index is 0.0283. The molecule has 1 aromatic heterocycles. The van der Waals surface area contributed by atoms with Gasteiger partial charge < -0.3 is 66.0 Å². The van der Waals surface area contributed by atoms with E-state index in [0.29, 0.717) is 11.1 Å². The maximum absolute atomic E-state index is 14.8. The molecule has 1 aliphatic rings. The molecule has 0 unspecified atom stereocenters. The minimum Gasteiger partial charge on any atom is -0.370 e. The van der Waals surface area contributed by atoms with Gasteiger partial charge in [-0.1, -0.05) is 55.0 Å². The van der Waals surface area contributed by atoms with Crippen LogP contribution >= 0.6 is 0 Å². The Balaban J connectivity index is 1.78. The van der Waals surface area contributed by atoms with Crippen LogP contribution in [0.3, 0.4) is 0 Å². The summed E-state index contributed by atoms with van der Waals surface area (Å²) in [5.74, 6) is -9.34. The van der Waals surface area contributed by atoms with Crippen LogP contribution in [0.25, 0.3) is 10.9 Å². The van der Waals surface area contributed by atoms with Crippen molar-refractivity contribution >= 4 is 81.5 Å². The molecule has 24 heteroatoms. The lowest BCUT2D eigenvalue weighted by Gasteiger charge is -2.27. The zero-order valence-corrected chi connectivity index (χ0v) is 43.0. The van der Waals surface area contributed by atoms with Crippen molar-refractivity contribution in [2.24, 2.45) is 56.2 Å². The first-order valence-electron chi connectivity index (χ1n) is 25.5. The van der Waals surface area contributed by atoms with E-state index in [9.17, 15) is 47.9 Å². The second-order valence-electron chi connectivity index (χ2n) is 19.1. The average molecular weight is 1060 g/mol. The van der Waals surface area contributed by atoms with E-state index in [0.717, 1.165) is 10.9 Å². The molecule has 1 fully saturated rings. The van der Waals surface area contributed by atoms with Crippen LogP contribution < -0.4 is 61.0 Å². The highest BCUT2D eigenvalue weighted by atomic mass is 16.2. The summed E-state index contributed by atoms with van der Waals surface area (Å²) in [6.45, 7) is 1.43. The van der Waals surface area contributed by atoms with Crippen molar-refractivity contribution < 1.29 is 47.9 Å². The van der Waals surface area contributed by atoms with Crippen LogP contribution in [-0.4, -0.2) is 119 Å². The van der Waals surface area contributed by atoms with Crippen molar-refractivity contribution in [1.29, 1.82) is 0 Å². The predicted molar refractivity (Wildman–Crippen MR) is 284 cm³/mol. The number of carbonyl (C=O) groups is 10. The average Bonchev–Trinajstić information content (AvgIpc) is 3.78. The normalized spacial score (nSPS) is 21.2. The monoisotopic (exact) mass is 1050 g/mol. The molecule has 3 aromatic rings. The Morgan fingerprint density at radius 3 is 2.01 bits per heavy atom. The molecule has 4 rings (SSSR count). The molecule has 0 saturated carbocycles. The van der Waals surface area contributed by atoms with Gasteiger partial charge in [0.25, 0.3) is 0 Å². The molecule has 2 aromatic carbocycles. The number of hydrogen-bond acceptors (Lipinski definition) is 12. The van der Waals surface area contributed by atoms with Crippen molar-refractivity contribution in [3.8, 4) is 0 Å². The van der Waals surface area contributed by atoms with Gasteiger partial charge in [-0.05, 0) is 81.4 Å². The fourth-order valence-corrected chi connectivity index (χ4v) is 8.97. The van der Waals surface area contributed by atoms with Crippen molar-refractivity contribution in [1.82, 2.24) is 31.6 Å². The summed E-state index contributed by atoms with van der Waals surface area (Å²) in [5, 5.41) is 14.1. The number of nitrogens with one attached hydrogen (secondary N) is 6. The number of benzene rings is 2. The lowest BCUT2D eigenvalue weighted by molar-refractivity contribution is -0.135. The molecule has 0 spiro atoms. The molecule has 1 aliphatic heterocycles. The number of aliphatic imine (C=N–C) groups is 2. The van der Waals surface area contributed by atoms with Crippen LogP contribution in [-0.2, 0) is 60.8 Å². The number of nitrogens with zero attached hydrogens (tertiary/aromatic N) is 2. The van der Waals surface area contributed by atoms with Crippen LogP contribution in [0.15, 0.2) is 70.8 Å². The first-order chi connectivity index (χ1) is 36.2. The maximum atomic E-state index is 14.8. The molecule has 7 amide bonds. The van der Waals surface area contributed by atoms with E-state index in [1.165, 1.54) is 6.92 Å². The molecule has 0 bridgehead atoms. The van der Waals surface area contributed by atoms with Gasteiger partial charge in [0, 0.05) is 81.1 Å². The molecule has 1 saturated heterocycles. The van der Waals surface area contributed by atoms with Crippen LogP contribution in [0.2, 0.25) is 0 Å². The van der Waals surface area contributed by atoms with Gasteiger partial charge in [-0.3, -0.25) is 57.9 Å². The largest absolute Gasteiger partial charge is 0.370 e. The van der Waals surface area contributed by atoms with Crippen LogP contribution in [0.5, 0.6) is 0 Å². The smallest absolute Gasteiger partial charge is 0.243 e. The zero-order chi connectivity index (χ0) is 55.7. The van der Waals surface area contributed by atoms with E-state index in [1.807, 2.05) is 24.3 Å². The Morgan fingerprint density at radius 2 is 1.34 bits per heavy atom. The number of primary amides is 2. The number of ketones is 3. The van der Waals surface area contributed by atoms with Crippen molar-refractivity contribution in [3.05, 3.63) is 71.9 Å². The number of fused-ring (bicyclic) bond motifs is 1. The molecule has 412 valence electrons. The molecule has 2 heterocycles. The maximum Gasteiger partial charge on any atom is 0.243 e. The van der Waals surface area contributed by atoms with Gasteiger partial charge in [-0.25, -0.2) is 0 Å². The molecule has 76 heavy (non-hydrogen) atoms. The zero-order valence-electron chi connectivity index (χ0n) is 43.0. The third kappa shape index (κ3) is 21.0. The summed E-state index contributed by atoms with van der Waals surface area (Å²) >= 11 is 0. The SMILES string of the molecule is CC(=O)N[C@@H](CCCN=C(N)N)C(=O)N[C@H]1CCCCC(=O)CC[C@@H](C(N)=O)NC(=O)[C@H](Cc2c[nH]c3ccccc23)CC(=O)[C@H](CCCN=C(N)N)CC(=O)[C@@H](Cc2ccccc2)NC(=O)[C@H](CCC(N)=O)NC1=O. The molecule has 0 radical (unpaired) electrons. The molecular weight excluding hydrogens is 981 g/mol. The lowest BCUT2D eigenvalue weighted by Crippen LogP contribution is -2.58. The molecule has 18 N–H and O–H groups in total. The highest BCUT2D eigenvalue weighted by molar-refractivity contribution is 5.98. The summed E-state index contributed by atoms with van der Waals surface area (Å²) in [7, 11) is 0. The lowest BCUT2D eigenvalue weighted by atomic mass is 9.83. The standard InChI is InChI=1S/C52H74N14O10/c1-30(67)62-39(18-10-24-60-52(57)58)48(74)64-40-17-7-5-14-35(68)19-20-38(46(54)72)63-47(73)33(26-34-29-61-37-16-8-6-15-36(34)37)28-43(69)32(13-9-23-59-51(55)56)27-44(70)42(25-31-11-3-2-4-12-31)66-50(76)41(65-49(40)75)21-22-45(53)71/h2-4,6,8,11-12,15-16,29,32-33,38-42,61H,5,7,9-10,13-14,17-28H2,1H3,(H2,53,71)(H2,54,72)(H,62,67)(H,63,73)(H,64,74)(H,65,75)(H,66,76)(H4,55,56,59)(H4,57,58,60)/t32-,33-,38+,39+,40+,41+,42-/m1/s1. The highest BCUT2D eigenvalue weighted by Crippen LogP contribution is 2.26. The van der Waals surface area contributed by atoms with Gasteiger partial charge in [0.1, 0.15) is 35.7 Å². The Labute approximate surface area is 440 Å². The number of nitrogens with two attached hydrogens (primary N) is 6. The number of H-pyrrole nitrogens is 1. The Bertz CT molecular complexity index is 2580. The molecular formula is C52H74N14O10. The van der Waals surface area contributed by atoms with E-state index in [-0.39, 0.29) is 121 Å². The predicted octanol–water partition coefficient (Wildman–Crippen LogP) is -0.671. The summed E-state index contributed by atoms with van der Waals surface area (Å²) in [4.78, 5) is 148. The quantitative estimate of drug-likeness (QED) is 0.0403. The third-order valence-electron chi connectivity index (χ3n) is 13.0. The van der Waals surface area contributed by atoms with Gasteiger partial charge in [-0.15, -0.1) is 0 Å². The number of guanidine groups is 2. The number of rotatable bonds is 19. The van der Waals surface area contributed by atoms with E-state index in [2.05, 4.69) is 41.6 Å². The molecule has 0 aliphatic carbocycles. The van der Waals surface area contributed by atoms with Gasteiger partial charge in [0.15, 0.2) is 17.7 Å². The molecule has 7 atom stereocenters. The van der Waals surface area contributed by atoms with Crippen LogP contribution in [0.4, 0.5) is 0 Å². The number of amides is 7. The number of para-hydroxylation sites is 1. The van der Waals surface area contributed by atoms with Crippen molar-refractivity contribution in [3.63, 3.8) is 0 Å². The van der Waals surface area contributed by atoms with Gasteiger partial charge in [-0.2, -0.15) is 0 Å². The second-order valence-corrected chi connectivity index (χ2v) is 19.1. The number of aromatic amines is 1. The summed E-state index contributed by atoms with van der Waals surface area (Å²) in [6, 6.07) is 9.41. The highest BCUT2D eigenvalue weighted by Gasteiger charge is 2.35. The van der Waals surface area contributed by atoms with Gasteiger partial charge >= 0.3 is 0 Å². The first-order valence-corrected chi connectivity index (χ1v) is 25.5. The van der Waals surface area contributed by atoms with Crippen LogP contribution in [0, 0.1) is 11.8 Å². The van der Waals surface area contributed by atoms with E-state index < -0.39 is 108 Å². The summed E-state index contributed by atoms with van der Waals surface area (Å²) in [5.41, 5.74) is 35.5. The minimum atomic E-state index is -1.50. The number of hydrogen-bond donors (Lipinski definition) is 12. The van der Waals surface area contributed by atoms with E-state index in [1.54, 1.807) is 36.5 Å². The van der Waals surface area contributed by atoms with Crippen molar-refractivity contribution in [2.75, 3.05) is 13.1 Å². The number of Topliss-reactive ketones (excluding diaryl/α,β-unsaturated/α-hetero) is 3. The Morgan fingerprint density at radius 1 is 0.684 bits per heavy atom. The number of carbonyl (C=O) groups excluding carboxylic acids is 10. The number of aromatic nitrogens is 1.